The highest BCUT2D eigenvalue weighted by Gasteiger charge is 2.23. The Morgan fingerprint density at radius 3 is 1.57 bits per heavy atom. The molecule has 6 heteroatoms. The molecule has 4 heterocycles. The molecular weight excluding hydrogens is 747 g/mol. The largest absolute Gasteiger partial charge is 0.455 e. The first-order valence-corrected chi connectivity index (χ1v) is 20.5. The highest BCUT2D eigenvalue weighted by atomic mass is 16.3. The molecule has 0 saturated carbocycles. The van der Waals surface area contributed by atoms with E-state index in [0.29, 0.717) is 17.6 Å². The van der Waals surface area contributed by atoms with E-state index in [0.717, 1.165) is 93.5 Å². The number of benzene rings is 9. The van der Waals surface area contributed by atoms with E-state index < -0.39 is 0 Å². The molecule has 0 unspecified atom stereocenters. The van der Waals surface area contributed by atoms with Crippen molar-refractivity contribution >= 4 is 76.3 Å². The van der Waals surface area contributed by atoms with Crippen molar-refractivity contribution in [2.45, 2.75) is 0 Å². The summed E-state index contributed by atoms with van der Waals surface area (Å²) in [6, 6.07) is 70.4. The van der Waals surface area contributed by atoms with Gasteiger partial charge in [-0.25, -0.2) is 4.98 Å². The van der Waals surface area contributed by atoms with Crippen LogP contribution in [0.25, 0.3) is 122 Å². The molecule has 13 aromatic rings. The van der Waals surface area contributed by atoms with Gasteiger partial charge in [0, 0.05) is 54.7 Å². The zero-order chi connectivity index (χ0) is 40.0. The molecule has 0 spiro atoms. The van der Waals surface area contributed by atoms with Crippen LogP contribution in [0.15, 0.2) is 205 Å². The number of rotatable bonds is 5. The van der Waals surface area contributed by atoms with Crippen LogP contribution in [0.3, 0.4) is 0 Å². The van der Waals surface area contributed by atoms with Gasteiger partial charge in [0.2, 0.25) is 5.95 Å². The number of hydrogen-bond acceptors (Lipinski definition) is 4. The Labute approximate surface area is 349 Å². The van der Waals surface area contributed by atoms with E-state index >= 15 is 0 Å². The minimum Gasteiger partial charge on any atom is -0.455 e. The lowest BCUT2D eigenvalue weighted by molar-refractivity contribution is 0.670. The van der Waals surface area contributed by atoms with Gasteiger partial charge in [0.05, 0.1) is 22.1 Å². The van der Waals surface area contributed by atoms with Gasteiger partial charge in [-0.2, -0.15) is 9.97 Å². The van der Waals surface area contributed by atoms with Crippen molar-refractivity contribution < 1.29 is 4.42 Å². The van der Waals surface area contributed by atoms with E-state index in [4.69, 9.17) is 19.4 Å². The Bertz CT molecular complexity index is 3820. The first kappa shape index (κ1) is 33.6. The van der Waals surface area contributed by atoms with Crippen molar-refractivity contribution in [3.05, 3.63) is 200 Å². The lowest BCUT2D eigenvalue weighted by Crippen LogP contribution is -2.06. The highest BCUT2D eigenvalue weighted by Crippen LogP contribution is 2.44. The van der Waals surface area contributed by atoms with Crippen molar-refractivity contribution in [2.24, 2.45) is 0 Å². The van der Waals surface area contributed by atoms with Crippen LogP contribution in [0.5, 0.6) is 0 Å². The number of fused-ring (bicyclic) bond motifs is 10. The van der Waals surface area contributed by atoms with Gasteiger partial charge < -0.3 is 8.98 Å². The van der Waals surface area contributed by atoms with E-state index in [-0.39, 0.29) is 0 Å². The van der Waals surface area contributed by atoms with E-state index in [1.807, 2.05) is 66.7 Å². The number of para-hydroxylation sites is 3. The monoisotopic (exact) mass is 779 g/mol. The Morgan fingerprint density at radius 1 is 0.344 bits per heavy atom. The van der Waals surface area contributed by atoms with Crippen molar-refractivity contribution in [2.75, 3.05) is 0 Å². The number of aromatic nitrogens is 5. The molecule has 6 nitrogen and oxygen atoms in total. The van der Waals surface area contributed by atoms with Crippen molar-refractivity contribution in [3.63, 3.8) is 0 Å². The molecule has 0 aliphatic heterocycles. The molecule has 0 N–H and O–H groups in total. The first-order valence-electron chi connectivity index (χ1n) is 20.5. The molecule has 4 aromatic heterocycles. The fraction of sp³-hybridized carbons (Fsp3) is 0. The molecule has 61 heavy (non-hydrogen) atoms. The van der Waals surface area contributed by atoms with Crippen LogP contribution in [0.4, 0.5) is 0 Å². The number of nitrogens with zero attached hydrogens (tertiary/aromatic N) is 5. The van der Waals surface area contributed by atoms with E-state index in [2.05, 4.69) is 143 Å². The van der Waals surface area contributed by atoms with Gasteiger partial charge in [-0.3, -0.25) is 4.57 Å². The second kappa shape index (κ2) is 13.1. The van der Waals surface area contributed by atoms with Crippen LogP contribution in [-0.2, 0) is 0 Å². The van der Waals surface area contributed by atoms with Crippen LogP contribution in [-0.4, -0.2) is 24.1 Å². The van der Waals surface area contributed by atoms with Crippen molar-refractivity contribution in [1.82, 2.24) is 24.1 Å². The van der Waals surface area contributed by atoms with Crippen LogP contribution < -0.4 is 0 Å². The molecule has 284 valence electrons. The third-order valence-electron chi connectivity index (χ3n) is 12.2. The fourth-order valence-corrected chi connectivity index (χ4v) is 9.42. The van der Waals surface area contributed by atoms with Gasteiger partial charge in [-0.15, -0.1) is 0 Å². The molecule has 0 amide bonds. The zero-order valence-electron chi connectivity index (χ0n) is 32.7. The van der Waals surface area contributed by atoms with Crippen LogP contribution in [0.1, 0.15) is 0 Å². The first-order chi connectivity index (χ1) is 30.2. The number of furan rings is 1. The smallest absolute Gasteiger partial charge is 0.238 e. The summed E-state index contributed by atoms with van der Waals surface area (Å²) in [4.78, 5) is 15.4. The molecule has 9 aromatic carbocycles. The van der Waals surface area contributed by atoms with E-state index in [1.165, 1.54) is 10.8 Å². The van der Waals surface area contributed by atoms with Crippen molar-refractivity contribution in [1.29, 1.82) is 0 Å². The Balaban J connectivity index is 1.12. The average molecular weight is 780 g/mol. The highest BCUT2D eigenvalue weighted by molar-refractivity contribution is 6.20. The summed E-state index contributed by atoms with van der Waals surface area (Å²) in [6.45, 7) is 0. The van der Waals surface area contributed by atoms with Gasteiger partial charge in [-0.05, 0) is 58.8 Å². The molecule has 0 bridgehead atoms. The second-order valence-electron chi connectivity index (χ2n) is 15.6. The third-order valence-corrected chi connectivity index (χ3v) is 12.2. The molecule has 0 radical (unpaired) electrons. The SMILES string of the molecule is c1ccc(-c2nc(-c3ccccc3)nc(-n3c4ccccc4c4cc5c(cc43)c3ccccc3n5-c3cc(-c4cccc5ccccc45)c4oc5ccccc5c4c3)n2)cc1. The van der Waals surface area contributed by atoms with Crippen LogP contribution in [0, 0.1) is 0 Å². The van der Waals surface area contributed by atoms with Crippen molar-refractivity contribution in [3.8, 4) is 45.5 Å². The van der Waals surface area contributed by atoms with Crippen LogP contribution >= 0.6 is 0 Å². The maximum atomic E-state index is 6.73. The van der Waals surface area contributed by atoms with Gasteiger partial charge in [-0.1, -0.05) is 158 Å². The van der Waals surface area contributed by atoms with E-state index in [1.54, 1.807) is 0 Å². The third kappa shape index (κ3) is 5.12. The Morgan fingerprint density at radius 2 is 0.885 bits per heavy atom. The molecule has 0 fully saturated rings. The van der Waals surface area contributed by atoms with Crippen LogP contribution in [0.2, 0.25) is 0 Å². The summed E-state index contributed by atoms with van der Waals surface area (Å²) in [5, 5.41) is 9.07. The Hall–Kier alpha value is -8.35. The molecule has 0 saturated heterocycles. The summed E-state index contributed by atoms with van der Waals surface area (Å²) in [7, 11) is 0. The lowest BCUT2D eigenvalue weighted by Gasteiger charge is -2.13. The predicted octanol–water partition coefficient (Wildman–Crippen LogP) is 14.1. The molecule has 0 aliphatic rings. The molecule has 0 aliphatic carbocycles. The summed E-state index contributed by atoms with van der Waals surface area (Å²) in [5.41, 5.74) is 11.1. The second-order valence-corrected chi connectivity index (χ2v) is 15.6. The van der Waals surface area contributed by atoms with Gasteiger partial charge in [0.15, 0.2) is 11.6 Å². The maximum Gasteiger partial charge on any atom is 0.238 e. The standard InChI is InChI=1S/C55H33N5O/c1-3-17-35(18-4-1)53-56-54(36-19-5-2-6-20-36)58-55(57-53)60-48-28-13-10-24-41(48)44-32-49-43(33-50(44)60)40-23-9-12-27-47(40)59(49)37-30-45(39-26-15-21-34-16-7-8-22-38(34)39)52-46(31-37)42-25-11-14-29-51(42)61-52/h1-33H. The summed E-state index contributed by atoms with van der Waals surface area (Å²) < 4.78 is 11.4. The summed E-state index contributed by atoms with van der Waals surface area (Å²) in [5.74, 6) is 1.81. The number of hydrogen-bond donors (Lipinski definition) is 0. The van der Waals surface area contributed by atoms with Gasteiger partial charge >= 0.3 is 0 Å². The summed E-state index contributed by atoms with van der Waals surface area (Å²) in [6.07, 6.45) is 0. The average Bonchev–Trinajstić information content (AvgIpc) is 3.98. The zero-order valence-corrected chi connectivity index (χ0v) is 32.7. The minimum atomic E-state index is 0.569. The minimum absolute atomic E-state index is 0.569. The maximum absolute atomic E-state index is 6.73. The normalized spacial score (nSPS) is 11.9. The fourth-order valence-electron chi connectivity index (χ4n) is 9.42. The Kier molecular flexibility index (Phi) is 7.21. The molecule has 0 atom stereocenters. The predicted molar refractivity (Wildman–Crippen MR) is 250 cm³/mol. The molecular formula is C55H33N5O. The quantitative estimate of drug-likeness (QED) is 0.175. The van der Waals surface area contributed by atoms with Gasteiger partial charge in [0.25, 0.3) is 0 Å². The topological polar surface area (TPSA) is 61.7 Å². The lowest BCUT2D eigenvalue weighted by atomic mass is 9.96. The van der Waals surface area contributed by atoms with Gasteiger partial charge in [0.1, 0.15) is 11.2 Å². The van der Waals surface area contributed by atoms with E-state index in [9.17, 15) is 0 Å². The summed E-state index contributed by atoms with van der Waals surface area (Å²) >= 11 is 0. The molecule has 13 rings (SSSR count).